The fourth-order valence-corrected chi connectivity index (χ4v) is 11.5. The molecular formula is C71H83N3O6. The molecule has 0 spiro atoms. The van der Waals surface area contributed by atoms with Gasteiger partial charge in [-0.1, -0.05) is 160 Å². The molecule has 0 atom stereocenters. The van der Waals surface area contributed by atoms with E-state index < -0.39 is 11.9 Å². The van der Waals surface area contributed by atoms with E-state index in [1.807, 2.05) is 85.2 Å². The van der Waals surface area contributed by atoms with Gasteiger partial charge in [-0.2, -0.15) is 0 Å². The molecule has 0 amide bonds. The third kappa shape index (κ3) is 16.0. The fourth-order valence-electron chi connectivity index (χ4n) is 11.5. The van der Waals surface area contributed by atoms with Gasteiger partial charge in [0.2, 0.25) is 0 Å². The molecule has 3 aromatic heterocycles. The molecule has 4 aromatic carbocycles. The first-order valence-corrected chi connectivity index (χ1v) is 30.6. The van der Waals surface area contributed by atoms with E-state index in [0.717, 1.165) is 108 Å². The zero-order chi connectivity index (χ0) is 55.1. The minimum Gasteiger partial charge on any atom is -0.494 e. The number of hydrogen-bond acceptors (Lipinski definition) is 9. The van der Waals surface area contributed by atoms with E-state index in [2.05, 4.69) is 32.0 Å². The molecule has 0 radical (unpaired) electrons. The summed E-state index contributed by atoms with van der Waals surface area (Å²) < 4.78 is 23.5. The second-order valence-corrected chi connectivity index (χ2v) is 22.0. The second kappa shape index (κ2) is 30.5. The fraction of sp³-hybridized carbons (Fsp3) is 0.423. The number of ether oxygens (including phenoxy) is 4. The Kier molecular flexibility index (Phi) is 21.9. The highest BCUT2D eigenvalue weighted by Crippen LogP contribution is 2.40. The summed E-state index contributed by atoms with van der Waals surface area (Å²) in [5.74, 6) is 1.71. The van der Waals surface area contributed by atoms with Crippen LogP contribution in [0.3, 0.4) is 0 Å². The highest BCUT2D eigenvalue weighted by atomic mass is 16.5. The zero-order valence-electron chi connectivity index (χ0n) is 47.7. The lowest BCUT2D eigenvalue weighted by atomic mass is 9.96. The van der Waals surface area contributed by atoms with Gasteiger partial charge in [-0.05, 0) is 170 Å². The first-order valence-electron chi connectivity index (χ1n) is 30.6. The van der Waals surface area contributed by atoms with Crippen molar-refractivity contribution in [2.45, 2.75) is 181 Å². The van der Waals surface area contributed by atoms with E-state index in [-0.39, 0.29) is 0 Å². The van der Waals surface area contributed by atoms with Crippen molar-refractivity contribution >= 4 is 11.9 Å². The van der Waals surface area contributed by atoms with E-state index >= 15 is 0 Å². The van der Waals surface area contributed by atoms with Crippen LogP contribution in [0.5, 0.6) is 23.0 Å². The van der Waals surface area contributed by atoms with Gasteiger partial charge >= 0.3 is 11.9 Å². The minimum atomic E-state index is -0.401. The molecule has 2 aliphatic carbocycles. The normalized spacial score (nSPS) is 12.5. The Morgan fingerprint density at radius 1 is 0.388 bits per heavy atom. The molecule has 2 aliphatic rings. The Morgan fingerprint density at radius 2 is 0.725 bits per heavy atom. The highest BCUT2D eigenvalue weighted by Gasteiger charge is 2.25. The lowest BCUT2D eigenvalue weighted by Gasteiger charge is -2.15. The summed E-state index contributed by atoms with van der Waals surface area (Å²) in [7, 11) is 0. The van der Waals surface area contributed by atoms with Crippen molar-refractivity contribution in [1.29, 1.82) is 0 Å². The smallest absolute Gasteiger partial charge is 0.343 e. The van der Waals surface area contributed by atoms with Gasteiger partial charge < -0.3 is 18.9 Å². The lowest BCUT2D eigenvalue weighted by molar-refractivity contribution is 0.0725. The highest BCUT2D eigenvalue weighted by molar-refractivity contribution is 5.92. The number of carbonyl (C=O) groups excluding carboxylic acids is 2. The van der Waals surface area contributed by atoms with Crippen molar-refractivity contribution in [1.82, 2.24) is 15.0 Å². The number of benzene rings is 4. The monoisotopic (exact) mass is 1070 g/mol. The number of rotatable bonds is 32. The van der Waals surface area contributed by atoms with E-state index in [0.29, 0.717) is 35.8 Å². The maximum absolute atomic E-state index is 13.1. The van der Waals surface area contributed by atoms with Crippen LogP contribution < -0.4 is 18.9 Å². The van der Waals surface area contributed by atoms with Gasteiger partial charge in [0, 0.05) is 23.5 Å². The molecule has 9 rings (SSSR count). The summed E-state index contributed by atoms with van der Waals surface area (Å²) in [5, 5.41) is 0. The molecule has 9 heteroatoms. The molecule has 0 fully saturated rings. The molecule has 0 N–H and O–H groups in total. The standard InChI is InChI=1S/C71H83N3O6/c1-3-5-7-9-11-13-15-17-19-21-48-77-56-40-36-54(37-41-56)70(75)79-58-44-32-52(33-45-58)64-50-72-68(62-28-23-26-60(62)64)66-30-25-31-67(74-66)69-63-29-24-27-61(63)65(51-73-69)53-34-46-59(47-35-53)80-71(76)55-38-42-57(43-39-55)78-49-22-20-18-16-14-12-10-8-6-4-2/h25,30-47,50-51H,3-24,26-29,48-49H2,1-2H3. The number of aromatic nitrogens is 3. The van der Waals surface area contributed by atoms with Crippen LogP contribution in [0.15, 0.2) is 128 Å². The van der Waals surface area contributed by atoms with Crippen molar-refractivity contribution in [2.24, 2.45) is 0 Å². The second-order valence-electron chi connectivity index (χ2n) is 22.0. The van der Waals surface area contributed by atoms with Gasteiger partial charge in [0.15, 0.2) is 0 Å². The molecule has 0 saturated carbocycles. The van der Waals surface area contributed by atoms with Gasteiger partial charge in [-0.3, -0.25) is 9.97 Å². The van der Waals surface area contributed by atoms with Crippen molar-refractivity contribution in [3.05, 3.63) is 161 Å². The van der Waals surface area contributed by atoms with Crippen molar-refractivity contribution < 1.29 is 28.5 Å². The SMILES string of the molecule is CCCCCCCCCCCCOc1ccc(C(=O)Oc2ccc(-c3cnc(-c4cccc(-c5ncc(-c6ccc(OC(=O)c7ccc(OCCCCCCCCCCCC)cc7)cc6)c6c5CCC6)n4)c4c3CCC4)cc2)cc1. The maximum Gasteiger partial charge on any atom is 0.343 e. The van der Waals surface area contributed by atoms with Crippen LogP contribution in [0.25, 0.3) is 45.0 Å². The lowest BCUT2D eigenvalue weighted by Crippen LogP contribution is -2.08. The molecule has 0 aliphatic heterocycles. The van der Waals surface area contributed by atoms with E-state index in [4.69, 9.17) is 33.9 Å². The van der Waals surface area contributed by atoms with Crippen LogP contribution in [0.2, 0.25) is 0 Å². The molecular weight excluding hydrogens is 991 g/mol. The molecule has 9 nitrogen and oxygen atoms in total. The maximum atomic E-state index is 13.1. The number of carbonyl (C=O) groups is 2. The summed E-state index contributed by atoms with van der Waals surface area (Å²) in [6, 6.07) is 36.1. The number of nitrogens with zero attached hydrogens (tertiary/aromatic N) is 3. The van der Waals surface area contributed by atoms with Crippen molar-refractivity contribution in [3.63, 3.8) is 0 Å². The third-order valence-electron chi connectivity index (χ3n) is 16.0. The molecule has 80 heavy (non-hydrogen) atoms. The molecule has 7 aromatic rings. The van der Waals surface area contributed by atoms with E-state index in [1.165, 1.54) is 138 Å². The van der Waals surface area contributed by atoms with Crippen LogP contribution in [-0.2, 0) is 25.7 Å². The van der Waals surface area contributed by atoms with E-state index in [1.54, 1.807) is 24.3 Å². The van der Waals surface area contributed by atoms with Crippen LogP contribution >= 0.6 is 0 Å². The number of hydrogen-bond donors (Lipinski definition) is 0. The first-order chi connectivity index (χ1) is 39.4. The Bertz CT molecular complexity index is 2860. The van der Waals surface area contributed by atoms with Crippen LogP contribution in [-0.4, -0.2) is 40.1 Å². The van der Waals surface area contributed by atoms with Crippen LogP contribution in [0, 0.1) is 0 Å². The Hall–Kier alpha value is -7.13. The number of unbranched alkanes of at least 4 members (excludes halogenated alkanes) is 18. The van der Waals surface area contributed by atoms with Gasteiger partial charge in [-0.15, -0.1) is 0 Å². The molecule has 0 unspecified atom stereocenters. The predicted molar refractivity (Wildman–Crippen MR) is 323 cm³/mol. The first kappa shape index (κ1) is 57.6. The topological polar surface area (TPSA) is 110 Å². The van der Waals surface area contributed by atoms with Crippen molar-refractivity contribution in [3.8, 4) is 68.0 Å². The Morgan fingerprint density at radius 3 is 1.10 bits per heavy atom. The Labute approximate surface area is 476 Å². The quantitative estimate of drug-likeness (QED) is 0.0231. The average molecular weight is 1070 g/mol. The van der Waals surface area contributed by atoms with Crippen LogP contribution in [0.1, 0.15) is 198 Å². The largest absolute Gasteiger partial charge is 0.494 e. The van der Waals surface area contributed by atoms with Crippen molar-refractivity contribution in [2.75, 3.05) is 13.2 Å². The molecule has 0 bridgehead atoms. The van der Waals surface area contributed by atoms with Gasteiger partial charge in [0.05, 0.1) is 47.1 Å². The number of esters is 2. The van der Waals surface area contributed by atoms with Crippen LogP contribution in [0.4, 0.5) is 0 Å². The average Bonchev–Trinajstić information content (AvgIpc) is 4.23. The van der Waals surface area contributed by atoms with Gasteiger partial charge in [0.25, 0.3) is 0 Å². The summed E-state index contributed by atoms with van der Waals surface area (Å²) in [5.41, 5.74) is 13.8. The predicted octanol–water partition coefficient (Wildman–Crippen LogP) is 18.6. The zero-order valence-corrected chi connectivity index (χ0v) is 47.7. The summed E-state index contributed by atoms with van der Waals surface area (Å²) in [6.45, 7) is 5.89. The molecule has 3 heterocycles. The molecule has 418 valence electrons. The van der Waals surface area contributed by atoms with E-state index in [9.17, 15) is 9.59 Å². The minimum absolute atomic E-state index is 0.401. The van der Waals surface area contributed by atoms with Gasteiger partial charge in [-0.25, -0.2) is 14.6 Å². The summed E-state index contributed by atoms with van der Waals surface area (Å²) in [4.78, 5) is 41.7. The third-order valence-corrected chi connectivity index (χ3v) is 16.0. The number of fused-ring (bicyclic) bond motifs is 2. The van der Waals surface area contributed by atoms with Gasteiger partial charge in [0.1, 0.15) is 23.0 Å². The number of pyridine rings is 3. The molecule has 0 saturated heterocycles. The Balaban J connectivity index is 0.761. The summed E-state index contributed by atoms with van der Waals surface area (Å²) >= 11 is 0. The summed E-state index contributed by atoms with van der Waals surface area (Å²) in [6.07, 6.45) is 35.6.